The van der Waals surface area contributed by atoms with Crippen LogP contribution in [-0.2, 0) is 6.54 Å². The summed E-state index contributed by atoms with van der Waals surface area (Å²) >= 11 is 3.53. The molecule has 0 aromatic carbocycles. The van der Waals surface area contributed by atoms with Gasteiger partial charge in [-0.2, -0.15) is 0 Å². The maximum absolute atomic E-state index is 5.46. The number of nitrogens with zero attached hydrogens (tertiary/aromatic N) is 1. The van der Waals surface area contributed by atoms with E-state index in [0.29, 0.717) is 0 Å². The second-order valence-corrected chi connectivity index (χ2v) is 4.22. The number of halogens is 1. The molecule has 0 fully saturated rings. The van der Waals surface area contributed by atoms with Gasteiger partial charge in [-0.05, 0) is 55.2 Å². The first-order valence-electron chi connectivity index (χ1n) is 4.69. The van der Waals surface area contributed by atoms with E-state index < -0.39 is 0 Å². The Kier molecular flexibility index (Phi) is 4.00. The molecule has 0 radical (unpaired) electrons. The molecule has 1 aromatic heterocycles. The summed E-state index contributed by atoms with van der Waals surface area (Å²) in [5, 5.41) is 0. The Bertz CT molecular complexity index is 279. The van der Waals surface area contributed by atoms with Crippen LogP contribution in [0.5, 0.6) is 0 Å². The molecule has 0 aliphatic carbocycles. The number of nitrogens with two attached hydrogens (primary N) is 1. The van der Waals surface area contributed by atoms with Gasteiger partial charge < -0.3 is 10.3 Å². The SMILES string of the molecule is Cc1cc(Br)c(C)n1CCCCN. The Morgan fingerprint density at radius 3 is 2.54 bits per heavy atom. The largest absolute Gasteiger partial charge is 0.348 e. The van der Waals surface area contributed by atoms with Gasteiger partial charge in [-0.15, -0.1) is 0 Å². The van der Waals surface area contributed by atoms with Crippen molar-refractivity contribution in [3.63, 3.8) is 0 Å². The highest BCUT2D eigenvalue weighted by Crippen LogP contribution is 2.20. The monoisotopic (exact) mass is 244 g/mol. The first-order valence-corrected chi connectivity index (χ1v) is 5.48. The average molecular weight is 245 g/mol. The molecule has 1 rings (SSSR count). The first-order chi connectivity index (χ1) is 6.16. The van der Waals surface area contributed by atoms with Gasteiger partial charge in [0.25, 0.3) is 0 Å². The molecule has 13 heavy (non-hydrogen) atoms. The smallest absolute Gasteiger partial charge is 0.0384 e. The summed E-state index contributed by atoms with van der Waals surface area (Å²) in [5.41, 5.74) is 8.09. The Morgan fingerprint density at radius 1 is 1.38 bits per heavy atom. The van der Waals surface area contributed by atoms with E-state index in [1.54, 1.807) is 0 Å². The maximum atomic E-state index is 5.46. The molecule has 0 amide bonds. The quantitative estimate of drug-likeness (QED) is 0.812. The molecular formula is C10H17BrN2. The van der Waals surface area contributed by atoms with Crippen LogP contribution in [-0.4, -0.2) is 11.1 Å². The van der Waals surface area contributed by atoms with Crippen molar-refractivity contribution in [3.8, 4) is 0 Å². The van der Waals surface area contributed by atoms with Crippen molar-refractivity contribution in [2.45, 2.75) is 33.2 Å². The molecule has 3 heteroatoms. The molecule has 2 N–H and O–H groups in total. The fraction of sp³-hybridized carbons (Fsp3) is 0.600. The summed E-state index contributed by atoms with van der Waals surface area (Å²) in [6.45, 7) is 6.15. The number of rotatable bonds is 4. The summed E-state index contributed by atoms with van der Waals surface area (Å²) in [7, 11) is 0. The van der Waals surface area contributed by atoms with Crippen molar-refractivity contribution in [1.82, 2.24) is 4.57 Å². The normalized spacial score (nSPS) is 10.8. The van der Waals surface area contributed by atoms with Gasteiger partial charge in [0.2, 0.25) is 0 Å². The summed E-state index contributed by atoms with van der Waals surface area (Å²) in [4.78, 5) is 0. The third-order valence-electron chi connectivity index (χ3n) is 2.35. The van der Waals surface area contributed by atoms with E-state index in [-0.39, 0.29) is 0 Å². The molecule has 0 aliphatic rings. The second-order valence-electron chi connectivity index (χ2n) is 3.37. The van der Waals surface area contributed by atoms with E-state index in [1.807, 2.05) is 0 Å². The number of aryl methyl sites for hydroxylation is 1. The number of hydrogen-bond acceptors (Lipinski definition) is 1. The molecule has 0 saturated heterocycles. The van der Waals surface area contributed by atoms with Gasteiger partial charge in [0.1, 0.15) is 0 Å². The third-order valence-corrected chi connectivity index (χ3v) is 3.15. The summed E-state index contributed by atoms with van der Waals surface area (Å²) in [6.07, 6.45) is 2.27. The van der Waals surface area contributed by atoms with E-state index in [1.165, 1.54) is 22.3 Å². The fourth-order valence-corrected chi connectivity index (χ4v) is 2.06. The van der Waals surface area contributed by atoms with Crippen LogP contribution in [0.25, 0.3) is 0 Å². The highest BCUT2D eigenvalue weighted by atomic mass is 79.9. The van der Waals surface area contributed by atoms with Crippen molar-refractivity contribution in [1.29, 1.82) is 0 Å². The predicted octanol–water partition coefficient (Wildman–Crippen LogP) is 2.61. The standard InChI is InChI=1S/C10H17BrN2/c1-8-7-10(11)9(2)13(8)6-4-3-5-12/h7H,3-6,12H2,1-2H3. The maximum Gasteiger partial charge on any atom is 0.0384 e. The molecule has 0 spiro atoms. The molecule has 1 aromatic rings. The summed E-state index contributed by atoms with van der Waals surface area (Å²) in [5.74, 6) is 0. The Balaban J connectivity index is 2.64. The minimum atomic E-state index is 0.792. The lowest BCUT2D eigenvalue weighted by Crippen LogP contribution is -2.05. The van der Waals surface area contributed by atoms with Gasteiger partial charge in [-0.3, -0.25) is 0 Å². The molecule has 1 heterocycles. The Labute approximate surface area is 88.2 Å². The van der Waals surface area contributed by atoms with Crippen LogP contribution < -0.4 is 5.73 Å². The van der Waals surface area contributed by atoms with Crippen LogP contribution in [0.1, 0.15) is 24.2 Å². The van der Waals surface area contributed by atoms with Crippen LogP contribution in [0.15, 0.2) is 10.5 Å². The molecular weight excluding hydrogens is 228 g/mol. The molecule has 2 nitrogen and oxygen atoms in total. The molecule has 0 bridgehead atoms. The van der Waals surface area contributed by atoms with Crippen LogP contribution in [0.3, 0.4) is 0 Å². The van der Waals surface area contributed by atoms with Gasteiger partial charge in [0.15, 0.2) is 0 Å². The van der Waals surface area contributed by atoms with E-state index in [0.717, 1.165) is 19.5 Å². The summed E-state index contributed by atoms with van der Waals surface area (Å²) in [6, 6.07) is 2.16. The van der Waals surface area contributed by atoms with Gasteiger partial charge in [0.05, 0.1) is 0 Å². The van der Waals surface area contributed by atoms with E-state index in [9.17, 15) is 0 Å². The van der Waals surface area contributed by atoms with Gasteiger partial charge >= 0.3 is 0 Å². The Morgan fingerprint density at radius 2 is 2.08 bits per heavy atom. The number of unbranched alkanes of at least 4 members (excludes halogenated alkanes) is 1. The average Bonchev–Trinajstić information content (AvgIpc) is 2.32. The lowest BCUT2D eigenvalue weighted by molar-refractivity contribution is 0.595. The minimum Gasteiger partial charge on any atom is -0.348 e. The van der Waals surface area contributed by atoms with Crippen LogP contribution >= 0.6 is 15.9 Å². The van der Waals surface area contributed by atoms with E-state index >= 15 is 0 Å². The van der Waals surface area contributed by atoms with Crippen molar-refractivity contribution >= 4 is 15.9 Å². The summed E-state index contributed by atoms with van der Waals surface area (Å²) < 4.78 is 3.54. The second kappa shape index (κ2) is 4.82. The van der Waals surface area contributed by atoms with Crippen molar-refractivity contribution in [2.24, 2.45) is 5.73 Å². The fourth-order valence-electron chi connectivity index (χ4n) is 1.52. The van der Waals surface area contributed by atoms with Crippen molar-refractivity contribution in [2.75, 3.05) is 6.54 Å². The zero-order chi connectivity index (χ0) is 9.84. The highest BCUT2D eigenvalue weighted by Gasteiger charge is 2.05. The molecule has 0 saturated carbocycles. The molecule has 0 aliphatic heterocycles. The zero-order valence-corrected chi connectivity index (χ0v) is 9.89. The van der Waals surface area contributed by atoms with E-state index in [4.69, 9.17) is 5.73 Å². The van der Waals surface area contributed by atoms with Crippen LogP contribution in [0.4, 0.5) is 0 Å². The van der Waals surface area contributed by atoms with Gasteiger partial charge in [-0.25, -0.2) is 0 Å². The van der Waals surface area contributed by atoms with E-state index in [2.05, 4.69) is 40.4 Å². The van der Waals surface area contributed by atoms with Crippen molar-refractivity contribution in [3.05, 3.63) is 21.9 Å². The van der Waals surface area contributed by atoms with Gasteiger partial charge in [-0.1, -0.05) is 0 Å². The third kappa shape index (κ3) is 2.58. The molecule has 0 unspecified atom stereocenters. The zero-order valence-electron chi connectivity index (χ0n) is 8.31. The number of aromatic nitrogens is 1. The molecule has 74 valence electrons. The number of hydrogen-bond donors (Lipinski definition) is 1. The highest BCUT2D eigenvalue weighted by molar-refractivity contribution is 9.10. The topological polar surface area (TPSA) is 30.9 Å². The van der Waals surface area contributed by atoms with Crippen LogP contribution in [0, 0.1) is 13.8 Å². The predicted molar refractivity (Wildman–Crippen MR) is 59.9 cm³/mol. The van der Waals surface area contributed by atoms with Gasteiger partial charge in [0, 0.05) is 22.4 Å². The lowest BCUT2D eigenvalue weighted by Gasteiger charge is -2.08. The minimum absolute atomic E-state index is 0.792. The van der Waals surface area contributed by atoms with Crippen LogP contribution in [0.2, 0.25) is 0 Å². The lowest BCUT2D eigenvalue weighted by atomic mass is 10.3. The van der Waals surface area contributed by atoms with Crippen molar-refractivity contribution < 1.29 is 0 Å². The first kappa shape index (κ1) is 10.8. The molecule has 0 atom stereocenters. The Hall–Kier alpha value is -0.280.